The zero-order valence-electron chi connectivity index (χ0n) is 16.9. The Morgan fingerprint density at radius 3 is 2.79 bits per heavy atom. The fourth-order valence-corrected chi connectivity index (χ4v) is 4.97. The highest BCUT2D eigenvalue weighted by Crippen LogP contribution is 2.36. The Morgan fingerprint density at radius 1 is 1.34 bits per heavy atom. The molecule has 0 radical (unpaired) electrons. The molecule has 2 aromatic heterocycles. The second-order valence-corrected chi connectivity index (χ2v) is 9.51. The fraction of sp³-hybridized carbons (Fsp3) is 0.400. The van der Waals surface area contributed by atoms with Gasteiger partial charge in [0.05, 0.1) is 28.4 Å². The molecular formula is C20H26BrN5OS2. The number of ether oxygens (including phenoxy) is 1. The molecule has 1 aliphatic heterocycles. The van der Waals surface area contributed by atoms with Gasteiger partial charge in [-0.05, 0) is 48.3 Å². The van der Waals surface area contributed by atoms with Gasteiger partial charge < -0.3 is 20.7 Å². The van der Waals surface area contributed by atoms with Crippen molar-refractivity contribution in [2.45, 2.75) is 27.2 Å². The SMILES string of the molecule is CC/C=C(\N)SC(=C(C)C)c1csc(Nc2ccc(Br)c(N3CCOCC3)n2)n1. The van der Waals surface area contributed by atoms with E-state index >= 15 is 0 Å². The van der Waals surface area contributed by atoms with Crippen molar-refractivity contribution in [2.75, 3.05) is 36.5 Å². The minimum absolute atomic E-state index is 0.723. The van der Waals surface area contributed by atoms with Crippen LogP contribution < -0.4 is 16.0 Å². The largest absolute Gasteiger partial charge is 0.394 e. The standard InChI is InChI=1S/C20H26BrN5OS2/c1-4-5-16(22)29-18(13(2)3)15-12-28-20(23-15)25-17-7-6-14(21)19(24-17)26-8-10-27-11-9-26/h5-7,12H,4,8-11,22H2,1-3H3,(H,23,24,25)/b16-5+. The van der Waals surface area contributed by atoms with Gasteiger partial charge in [-0.2, -0.15) is 0 Å². The zero-order valence-corrected chi connectivity index (χ0v) is 20.1. The molecule has 3 heterocycles. The number of halogens is 1. The molecule has 156 valence electrons. The molecule has 1 saturated heterocycles. The quantitative estimate of drug-likeness (QED) is 0.519. The number of anilines is 3. The van der Waals surface area contributed by atoms with E-state index in [2.05, 4.69) is 52.3 Å². The maximum Gasteiger partial charge on any atom is 0.188 e. The minimum Gasteiger partial charge on any atom is -0.394 e. The normalized spacial score (nSPS) is 14.8. The van der Waals surface area contributed by atoms with Crippen LogP contribution in [0.25, 0.3) is 4.91 Å². The summed E-state index contributed by atoms with van der Waals surface area (Å²) in [7, 11) is 0. The second-order valence-electron chi connectivity index (χ2n) is 6.71. The van der Waals surface area contributed by atoms with E-state index in [4.69, 9.17) is 20.4 Å². The van der Waals surface area contributed by atoms with Crippen molar-refractivity contribution in [3.8, 4) is 0 Å². The van der Waals surface area contributed by atoms with E-state index in [0.717, 1.165) is 69.6 Å². The summed E-state index contributed by atoms with van der Waals surface area (Å²) in [6.07, 6.45) is 2.94. The van der Waals surface area contributed by atoms with Crippen LogP contribution in [0.3, 0.4) is 0 Å². The number of rotatable bonds is 7. The molecule has 0 unspecified atom stereocenters. The average Bonchev–Trinajstić information content (AvgIpc) is 3.16. The Kier molecular flexibility index (Phi) is 7.99. The molecule has 0 bridgehead atoms. The number of hydrogen-bond acceptors (Lipinski definition) is 8. The molecule has 1 aliphatic rings. The van der Waals surface area contributed by atoms with Gasteiger partial charge in [-0.15, -0.1) is 11.3 Å². The van der Waals surface area contributed by atoms with Crippen molar-refractivity contribution in [2.24, 2.45) is 5.73 Å². The molecule has 0 saturated carbocycles. The monoisotopic (exact) mass is 495 g/mol. The molecule has 1 fully saturated rings. The van der Waals surface area contributed by atoms with Crippen LogP contribution in [-0.4, -0.2) is 36.3 Å². The smallest absolute Gasteiger partial charge is 0.188 e. The van der Waals surface area contributed by atoms with Gasteiger partial charge in [-0.3, -0.25) is 0 Å². The summed E-state index contributed by atoms with van der Waals surface area (Å²) in [6.45, 7) is 9.37. The summed E-state index contributed by atoms with van der Waals surface area (Å²) in [5.41, 5.74) is 8.24. The molecule has 0 atom stereocenters. The van der Waals surface area contributed by atoms with E-state index in [1.54, 1.807) is 23.1 Å². The highest BCUT2D eigenvalue weighted by molar-refractivity contribution is 9.10. The fourth-order valence-electron chi connectivity index (χ4n) is 2.81. The molecule has 0 aromatic carbocycles. The molecule has 29 heavy (non-hydrogen) atoms. The van der Waals surface area contributed by atoms with Gasteiger partial charge in [0, 0.05) is 23.4 Å². The van der Waals surface area contributed by atoms with Gasteiger partial charge in [0.25, 0.3) is 0 Å². The molecule has 2 aromatic rings. The first-order chi connectivity index (χ1) is 14.0. The lowest BCUT2D eigenvalue weighted by atomic mass is 10.3. The zero-order chi connectivity index (χ0) is 20.8. The van der Waals surface area contributed by atoms with Crippen molar-refractivity contribution < 1.29 is 4.74 Å². The van der Waals surface area contributed by atoms with E-state index in [0.29, 0.717) is 0 Å². The summed E-state index contributed by atoms with van der Waals surface area (Å²) in [6, 6.07) is 3.97. The number of allylic oxidation sites excluding steroid dienone is 2. The Labute approximate surface area is 188 Å². The molecule has 0 amide bonds. The summed E-state index contributed by atoms with van der Waals surface area (Å²) < 4.78 is 6.42. The van der Waals surface area contributed by atoms with Crippen LogP contribution in [0.2, 0.25) is 0 Å². The summed E-state index contributed by atoms with van der Waals surface area (Å²) in [5.74, 6) is 1.69. The molecule has 0 spiro atoms. The number of pyridine rings is 1. The first-order valence-electron chi connectivity index (χ1n) is 9.51. The van der Waals surface area contributed by atoms with Crippen LogP contribution in [0.1, 0.15) is 32.9 Å². The summed E-state index contributed by atoms with van der Waals surface area (Å²) in [5, 5.41) is 7.00. The van der Waals surface area contributed by atoms with Gasteiger partial charge in [0.15, 0.2) is 5.13 Å². The van der Waals surface area contributed by atoms with Crippen molar-refractivity contribution >= 4 is 60.7 Å². The number of morpholine rings is 1. The number of hydrogen-bond donors (Lipinski definition) is 2. The van der Waals surface area contributed by atoms with Crippen molar-refractivity contribution in [1.29, 1.82) is 0 Å². The first-order valence-corrected chi connectivity index (χ1v) is 12.0. The van der Waals surface area contributed by atoms with Gasteiger partial charge in [0.2, 0.25) is 0 Å². The Morgan fingerprint density at radius 2 is 2.10 bits per heavy atom. The van der Waals surface area contributed by atoms with Gasteiger partial charge in [-0.25, -0.2) is 9.97 Å². The molecule has 3 N–H and O–H groups in total. The van der Waals surface area contributed by atoms with Crippen LogP contribution in [0.5, 0.6) is 0 Å². The van der Waals surface area contributed by atoms with Crippen LogP contribution in [0, 0.1) is 0 Å². The lowest BCUT2D eigenvalue weighted by molar-refractivity contribution is 0.122. The maximum absolute atomic E-state index is 6.11. The molecule has 6 nitrogen and oxygen atoms in total. The number of thiazole rings is 1. The van der Waals surface area contributed by atoms with Crippen LogP contribution >= 0.6 is 39.0 Å². The highest BCUT2D eigenvalue weighted by atomic mass is 79.9. The Bertz CT molecular complexity index is 902. The van der Waals surface area contributed by atoms with Crippen LogP contribution in [0.15, 0.2) is 38.7 Å². The average molecular weight is 497 g/mol. The third kappa shape index (κ3) is 5.97. The Hall–Kier alpha value is -1.55. The first kappa shape index (κ1) is 22.1. The number of nitrogens with one attached hydrogen (secondary N) is 1. The maximum atomic E-state index is 6.11. The van der Waals surface area contributed by atoms with Crippen molar-refractivity contribution in [1.82, 2.24) is 9.97 Å². The van der Waals surface area contributed by atoms with E-state index in [1.807, 2.05) is 18.2 Å². The molecule has 0 aliphatic carbocycles. The number of nitrogens with two attached hydrogens (primary N) is 1. The summed E-state index contributed by atoms with van der Waals surface area (Å²) >= 11 is 6.74. The number of thioether (sulfide) groups is 1. The lowest BCUT2D eigenvalue weighted by Crippen LogP contribution is -2.37. The van der Waals surface area contributed by atoms with Gasteiger partial charge in [0.1, 0.15) is 11.6 Å². The predicted molar refractivity (Wildman–Crippen MR) is 129 cm³/mol. The number of aromatic nitrogens is 2. The summed E-state index contributed by atoms with van der Waals surface area (Å²) in [4.78, 5) is 12.9. The van der Waals surface area contributed by atoms with Crippen LogP contribution in [-0.2, 0) is 4.74 Å². The number of nitrogens with zero attached hydrogens (tertiary/aromatic N) is 3. The van der Waals surface area contributed by atoms with E-state index < -0.39 is 0 Å². The van der Waals surface area contributed by atoms with Crippen LogP contribution in [0.4, 0.5) is 16.8 Å². The van der Waals surface area contributed by atoms with Crippen molar-refractivity contribution in [3.63, 3.8) is 0 Å². The molecular weight excluding hydrogens is 470 g/mol. The van der Waals surface area contributed by atoms with Crippen molar-refractivity contribution in [3.05, 3.63) is 44.4 Å². The molecule has 3 rings (SSSR count). The predicted octanol–water partition coefficient (Wildman–Crippen LogP) is 5.58. The van der Waals surface area contributed by atoms with E-state index in [9.17, 15) is 0 Å². The highest BCUT2D eigenvalue weighted by Gasteiger charge is 2.17. The third-order valence-electron chi connectivity index (χ3n) is 4.19. The van der Waals surface area contributed by atoms with E-state index in [1.165, 1.54) is 5.57 Å². The second kappa shape index (κ2) is 10.5. The van der Waals surface area contributed by atoms with Gasteiger partial charge >= 0.3 is 0 Å². The third-order valence-corrected chi connectivity index (χ3v) is 6.79. The lowest BCUT2D eigenvalue weighted by Gasteiger charge is -2.28. The van der Waals surface area contributed by atoms with E-state index in [-0.39, 0.29) is 0 Å². The molecule has 9 heteroatoms. The topological polar surface area (TPSA) is 76.3 Å². The Balaban J connectivity index is 1.77. The van der Waals surface area contributed by atoms with Gasteiger partial charge in [-0.1, -0.05) is 30.3 Å². The minimum atomic E-state index is 0.723.